The molecular weight excluding hydrogens is 364 g/mol. The first-order chi connectivity index (χ1) is 11.1. The molecule has 3 amide bonds. The van der Waals surface area contributed by atoms with Crippen LogP contribution in [-0.2, 0) is 4.79 Å². The van der Waals surface area contributed by atoms with Gasteiger partial charge in [0.05, 0.1) is 5.56 Å². The minimum Gasteiger partial charge on any atom is -0.483 e. The van der Waals surface area contributed by atoms with Crippen molar-refractivity contribution in [2.75, 3.05) is 6.61 Å². The molecule has 1 aromatic carbocycles. The smallest absolute Gasteiger partial charge is 0.321 e. The van der Waals surface area contributed by atoms with Gasteiger partial charge in [-0.15, -0.1) is 0 Å². The van der Waals surface area contributed by atoms with E-state index < -0.39 is 11.9 Å². The monoisotopic (exact) mass is 382 g/mol. The highest BCUT2D eigenvalue weighted by atomic mass is 79.9. The minimum absolute atomic E-state index is 0.130. The van der Waals surface area contributed by atoms with Crippen molar-refractivity contribution in [1.29, 1.82) is 0 Å². The lowest BCUT2D eigenvalue weighted by atomic mass is 9.96. The van der Waals surface area contributed by atoms with Crippen molar-refractivity contribution in [2.24, 2.45) is 0 Å². The SMILES string of the molecule is O=Cc1cc(Br)ccc1OCC(=O)NC(=O)NC1CCCCC1. The fourth-order valence-electron chi connectivity index (χ4n) is 2.52. The summed E-state index contributed by atoms with van der Waals surface area (Å²) in [5, 5.41) is 5.02. The predicted octanol–water partition coefficient (Wildman–Crippen LogP) is 2.80. The quantitative estimate of drug-likeness (QED) is 0.766. The molecule has 1 aromatic rings. The second kappa shape index (κ2) is 8.67. The van der Waals surface area contributed by atoms with Crippen molar-refractivity contribution in [1.82, 2.24) is 10.6 Å². The summed E-state index contributed by atoms with van der Waals surface area (Å²) in [7, 11) is 0. The topological polar surface area (TPSA) is 84.5 Å². The van der Waals surface area contributed by atoms with Crippen molar-refractivity contribution in [2.45, 2.75) is 38.1 Å². The van der Waals surface area contributed by atoms with Crippen LogP contribution in [0.15, 0.2) is 22.7 Å². The number of nitrogens with one attached hydrogen (secondary N) is 2. The Kier molecular flexibility index (Phi) is 6.58. The minimum atomic E-state index is -0.557. The van der Waals surface area contributed by atoms with Crippen LogP contribution in [0.25, 0.3) is 0 Å². The average Bonchev–Trinajstić information content (AvgIpc) is 2.54. The van der Waals surface area contributed by atoms with Crippen molar-refractivity contribution in [3.05, 3.63) is 28.2 Å². The zero-order valence-corrected chi connectivity index (χ0v) is 14.2. The van der Waals surface area contributed by atoms with Gasteiger partial charge in [0.1, 0.15) is 5.75 Å². The van der Waals surface area contributed by atoms with Crippen LogP contribution in [0, 0.1) is 0 Å². The van der Waals surface area contributed by atoms with Crippen LogP contribution in [0.4, 0.5) is 4.79 Å². The van der Waals surface area contributed by atoms with Crippen molar-refractivity contribution in [3.63, 3.8) is 0 Å². The maximum atomic E-state index is 11.7. The molecule has 7 heteroatoms. The van der Waals surface area contributed by atoms with Gasteiger partial charge in [0, 0.05) is 10.5 Å². The van der Waals surface area contributed by atoms with Gasteiger partial charge in [-0.05, 0) is 31.0 Å². The standard InChI is InChI=1S/C16H19BrN2O4/c17-12-6-7-14(11(8-12)9-20)23-10-15(21)19-16(22)18-13-4-2-1-3-5-13/h6-9,13H,1-5,10H2,(H2,18,19,21,22). The normalized spacial score (nSPS) is 14.8. The number of ether oxygens (including phenoxy) is 1. The Morgan fingerprint density at radius 1 is 1.26 bits per heavy atom. The maximum absolute atomic E-state index is 11.7. The summed E-state index contributed by atoms with van der Waals surface area (Å²) in [5.74, 6) is -0.260. The number of aldehydes is 1. The van der Waals surface area contributed by atoms with Crippen molar-refractivity contribution in [3.8, 4) is 5.75 Å². The molecule has 0 aliphatic heterocycles. The second-order valence-electron chi connectivity index (χ2n) is 5.45. The molecule has 6 nitrogen and oxygen atoms in total. The molecule has 124 valence electrons. The van der Waals surface area contributed by atoms with Crippen LogP contribution in [0.3, 0.4) is 0 Å². The molecule has 2 N–H and O–H groups in total. The van der Waals surface area contributed by atoms with Gasteiger partial charge in [-0.1, -0.05) is 35.2 Å². The molecule has 0 unspecified atom stereocenters. The van der Waals surface area contributed by atoms with Gasteiger partial charge in [0.15, 0.2) is 12.9 Å². The molecular formula is C16H19BrN2O4. The van der Waals surface area contributed by atoms with E-state index in [0.717, 1.165) is 30.2 Å². The second-order valence-corrected chi connectivity index (χ2v) is 6.36. The van der Waals surface area contributed by atoms with Crippen LogP contribution < -0.4 is 15.4 Å². The molecule has 0 aromatic heterocycles. The molecule has 1 fully saturated rings. The van der Waals surface area contributed by atoms with Crippen LogP contribution in [-0.4, -0.2) is 30.9 Å². The van der Waals surface area contributed by atoms with Crippen molar-refractivity contribution < 1.29 is 19.1 Å². The molecule has 2 rings (SSSR count). The van der Waals surface area contributed by atoms with Gasteiger partial charge < -0.3 is 10.1 Å². The first-order valence-corrected chi connectivity index (χ1v) is 8.35. The Morgan fingerprint density at radius 3 is 2.70 bits per heavy atom. The molecule has 1 saturated carbocycles. The van der Waals surface area contributed by atoms with E-state index in [-0.39, 0.29) is 12.6 Å². The van der Waals surface area contributed by atoms with Crippen LogP contribution in [0.2, 0.25) is 0 Å². The number of halogens is 1. The average molecular weight is 383 g/mol. The third kappa shape index (κ3) is 5.67. The summed E-state index contributed by atoms with van der Waals surface area (Å²) in [4.78, 5) is 34.4. The fraction of sp³-hybridized carbons (Fsp3) is 0.438. The lowest BCUT2D eigenvalue weighted by Crippen LogP contribution is -2.46. The summed E-state index contributed by atoms with van der Waals surface area (Å²) in [5.41, 5.74) is 0.332. The van der Waals surface area contributed by atoms with E-state index in [2.05, 4.69) is 26.6 Å². The zero-order valence-electron chi connectivity index (χ0n) is 12.6. The lowest BCUT2D eigenvalue weighted by Gasteiger charge is -2.22. The Bertz CT molecular complexity index is 585. The lowest BCUT2D eigenvalue weighted by molar-refractivity contribution is -0.122. The number of imide groups is 1. The molecule has 1 aliphatic rings. The summed E-state index contributed by atoms with van der Waals surface area (Å²) >= 11 is 3.25. The summed E-state index contributed by atoms with van der Waals surface area (Å²) in [6.45, 7) is -0.333. The summed E-state index contributed by atoms with van der Waals surface area (Å²) in [6, 6.07) is 4.51. The highest BCUT2D eigenvalue weighted by Crippen LogP contribution is 2.21. The number of amides is 3. The first kappa shape index (κ1) is 17.5. The molecule has 1 aliphatic carbocycles. The van der Waals surface area contributed by atoms with Crippen LogP contribution in [0.1, 0.15) is 42.5 Å². The molecule has 0 radical (unpaired) electrons. The number of hydrogen-bond donors (Lipinski definition) is 2. The van der Waals surface area contributed by atoms with Gasteiger partial charge in [-0.25, -0.2) is 4.79 Å². The number of carbonyl (C=O) groups excluding carboxylic acids is 3. The van der Waals surface area contributed by atoms with Gasteiger partial charge in [-0.3, -0.25) is 14.9 Å². The van der Waals surface area contributed by atoms with E-state index >= 15 is 0 Å². The van der Waals surface area contributed by atoms with E-state index in [1.54, 1.807) is 18.2 Å². The van der Waals surface area contributed by atoms with E-state index in [0.29, 0.717) is 17.6 Å². The zero-order chi connectivity index (χ0) is 16.7. The van der Waals surface area contributed by atoms with E-state index in [1.165, 1.54) is 6.42 Å². The summed E-state index contributed by atoms with van der Waals surface area (Å²) < 4.78 is 6.03. The highest BCUT2D eigenvalue weighted by Gasteiger charge is 2.17. The fourth-order valence-corrected chi connectivity index (χ4v) is 2.90. The number of urea groups is 1. The largest absolute Gasteiger partial charge is 0.483 e. The Balaban J connectivity index is 1.78. The van der Waals surface area contributed by atoms with Gasteiger partial charge in [0.2, 0.25) is 0 Å². The van der Waals surface area contributed by atoms with Gasteiger partial charge in [0.25, 0.3) is 5.91 Å². The highest BCUT2D eigenvalue weighted by molar-refractivity contribution is 9.10. The molecule has 0 heterocycles. The van der Waals surface area contributed by atoms with E-state index in [1.807, 2.05) is 0 Å². The number of hydrogen-bond acceptors (Lipinski definition) is 4. The maximum Gasteiger partial charge on any atom is 0.321 e. The van der Waals surface area contributed by atoms with Gasteiger partial charge >= 0.3 is 6.03 Å². The molecule has 0 bridgehead atoms. The Labute approximate surface area is 143 Å². The molecule has 23 heavy (non-hydrogen) atoms. The molecule has 0 atom stereocenters. The van der Waals surface area contributed by atoms with Crippen molar-refractivity contribution >= 4 is 34.2 Å². The van der Waals surface area contributed by atoms with Crippen LogP contribution in [0.5, 0.6) is 5.75 Å². The van der Waals surface area contributed by atoms with Gasteiger partial charge in [-0.2, -0.15) is 0 Å². The number of carbonyl (C=O) groups is 3. The predicted molar refractivity (Wildman–Crippen MR) is 88.6 cm³/mol. The number of benzene rings is 1. The van der Waals surface area contributed by atoms with E-state index in [9.17, 15) is 14.4 Å². The number of rotatable bonds is 5. The molecule has 0 spiro atoms. The Hall–Kier alpha value is -1.89. The third-order valence-electron chi connectivity index (χ3n) is 3.65. The Morgan fingerprint density at radius 2 is 2.00 bits per heavy atom. The third-order valence-corrected chi connectivity index (χ3v) is 4.14. The van der Waals surface area contributed by atoms with Crippen LogP contribution >= 0.6 is 15.9 Å². The summed E-state index contributed by atoms with van der Waals surface area (Å²) in [6.07, 6.45) is 5.92. The molecule has 0 saturated heterocycles. The van der Waals surface area contributed by atoms with E-state index in [4.69, 9.17) is 4.74 Å². The first-order valence-electron chi connectivity index (χ1n) is 7.56.